The predicted octanol–water partition coefficient (Wildman–Crippen LogP) is 10.9. The van der Waals surface area contributed by atoms with Crippen LogP contribution in [0.4, 0.5) is 0 Å². The van der Waals surface area contributed by atoms with E-state index in [0.29, 0.717) is 25.7 Å². The number of nitrogens with two attached hydrogens (primary N) is 1. The Balaban J connectivity index is 4.53. The lowest BCUT2D eigenvalue weighted by Gasteiger charge is -2.20. The number of esters is 2. The monoisotopic (exact) mass is 854 g/mol. The lowest BCUT2D eigenvalue weighted by atomic mass is 10.1. The van der Waals surface area contributed by atoms with Gasteiger partial charge in [0.25, 0.3) is 0 Å². The Morgan fingerprint density at radius 2 is 1.12 bits per heavy atom. The number of carbonyl (C=O) groups excluding carboxylic acids is 2. The highest BCUT2D eigenvalue weighted by molar-refractivity contribution is 7.47. The number of aliphatic hydroxyl groups is 1. The number of carboxylic acids is 1. The van der Waals surface area contributed by atoms with Crippen LogP contribution in [0.15, 0.2) is 60.8 Å². The summed E-state index contributed by atoms with van der Waals surface area (Å²) in [4.78, 5) is 46.0. The van der Waals surface area contributed by atoms with E-state index in [-0.39, 0.29) is 12.8 Å². The molecule has 0 saturated heterocycles. The molecule has 0 aromatic heterocycles. The Bertz CT molecular complexity index is 1250. The first-order valence-electron chi connectivity index (χ1n) is 22.4. The number of ether oxygens (including phenoxy) is 2. The van der Waals surface area contributed by atoms with Crippen LogP contribution in [0, 0.1) is 0 Å². The molecule has 0 radical (unpaired) electrons. The van der Waals surface area contributed by atoms with Crippen LogP contribution in [0.5, 0.6) is 0 Å². The third-order valence-corrected chi connectivity index (χ3v) is 10.3. The largest absolute Gasteiger partial charge is 0.480 e. The molecular weight excluding hydrogens is 773 g/mol. The van der Waals surface area contributed by atoms with E-state index in [1.165, 1.54) is 77.0 Å². The zero-order valence-corrected chi connectivity index (χ0v) is 37.3. The lowest BCUT2D eigenvalue weighted by Crippen LogP contribution is -2.34. The Morgan fingerprint density at radius 1 is 0.610 bits per heavy atom. The molecule has 0 amide bonds. The van der Waals surface area contributed by atoms with Crippen LogP contribution in [0.3, 0.4) is 0 Å². The van der Waals surface area contributed by atoms with Crippen molar-refractivity contribution in [1.29, 1.82) is 0 Å². The fourth-order valence-corrected chi connectivity index (χ4v) is 6.50. The number of phosphoric ester groups is 1. The third kappa shape index (κ3) is 40.3. The first kappa shape index (κ1) is 56.1. The molecule has 0 rings (SSSR count). The minimum absolute atomic E-state index is 0.0840. The van der Waals surface area contributed by atoms with E-state index in [9.17, 15) is 28.9 Å². The van der Waals surface area contributed by atoms with Crippen molar-refractivity contribution in [2.24, 2.45) is 5.73 Å². The summed E-state index contributed by atoms with van der Waals surface area (Å²) in [6.07, 6.45) is 43.1. The lowest BCUT2D eigenvalue weighted by molar-refractivity contribution is -0.161. The molecule has 13 heteroatoms. The molecule has 0 heterocycles. The van der Waals surface area contributed by atoms with Crippen LogP contribution in [0.25, 0.3) is 0 Å². The van der Waals surface area contributed by atoms with E-state index in [2.05, 4.69) is 42.7 Å². The van der Waals surface area contributed by atoms with Crippen molar-refractivity contribution in [2.75, 3.05) is 19.8 Å². The number of carbonyl (C=O) groups is 3. The molecule has 0 bridgehead atoms. The Morgan fingerprint density at radius 3 is 1.76 bits per heavy atom. The highest BCUT2D eigenvalue weighted by Crippen LogP contribution is 2.43. The molecule has 59 heavy (non-hydrogen) atoms. The normalized spacial score (nSPS) is 14.8. The number of unbranched alkanes of at least 4 members (excludes halogenated alkanes) is 17. The van der Waals surface area contributed by atoms with Gasteiger partial charge in [0.15, 0.2) is 6.10 Å². The van der Waals surface area contributed by atoms with Crippen molar-refractivity contribution >= 4 is 25.7 Å². The van der Waals surface area contributed by atoms with Gasteiger partial charge < -0.3 is 30.3 Å². The molecule has 0 aromatic carbocycles. The summed E-state index contributed by atoms with van der Waals surface area (Å²) >= 11 is 0. The topological polar surface area (TPSA) is 192 Å². The molecule has 12 nitrogen and oxygen atoms in total. The SMILES string of the molecule is CCCCC/C=C\C/C=C\CC(O)/C=C\C=C\CCCC(=O)OC[C@H](COP(=O)(O)OC[C@H](N)C(=O)O)OC(=O)CCCCCCCCC/C=C\CCCCCCCC. The minimum Gasteiger partial charge on any atom is -0.480 e. The maximum Gasteiger partial charge on any atom is 0.472 e. The van der Waals surface area contributed by atoms with Gasteiger partial charge in [-0.25, -0.2) is 4.57 Å². The molecule has 5 N–H and O–H groups in total. The van der Waals surface area contributed by atoms with Gasteiger partial charge in [0, 0.05) is 12.8 Å². The van der Waals surface area contributed by atoms with Gasteiger partial charge >= 0.3 is 25.7 Å². The number of aliphatic carboxylic acids is 1. The van der Waals surface area contributed by atoms with Crippen LogP contribution in [-0.2, 0) is 37.5 Å². The predicted molar refractivity (Wildman–Crippen MR) is 237 cm³/mol. The van der Waals surface area contributed by atoms with Crippen molar-refractivity contribution in [1.82, 2.24) is 0 Å². The number of hydrogen-bond donors (Lipinski definition) is 4. The number of rotatable bonds is 41. The van der Waals surface area contributed by atoms with Crippen molar-refractivity contribution in [3.05, 3.63) is 60.8 Å². The second-order valence-corrected chi connectivity index (χ2v) is 16.5. The average Bonchev–Trinajstić information content (AvgIpc) is 3.21. The fraction of sp³-hybridized carbons (Fsp3) is 0.717. The number of hydrogen-bond acceptors (Lipinski definition) is 10. The summed E-state index contributed by atoms with van der Waals surface area (Å²) in [5.74, 6) is -2.53. The number of phosphoric acid groups is 1. The van der Waals surface area contributed by atoms with Gasteiger partial charge in [0.2, 0.25) is 0 Å². The Kier molecular flexibility index (Phi) is 38.6. The van der Waals surface area contributed by atoms with E-state index in [1.807, 2.05) is 18.2 Å². The zero-order valence-electron chi connectivity index (χ0n) is 36.4. The highest BCUT2D eigenvalue weighted by Gasteiger charge is 2.28. The number of carboxylic acid groups (broad SMARTS) is 1. The quantitative estimate of drug-likeness (QED) is 0.0150. The summed E-state index contributed by atoms with van der Waals surface area (Å²) < 4.78 is 32.6. The molecular formula is C46H80NO11P. The van der Waals surface area contributed by atoms with Gasteiger partial charge in [-0.3, -0.25) is 23.4 Å². The van der Waals surface area contributed by atoms with Crippen LogP contribution in [0.1, 0.15) is 174 Å². The Labute approximate surface area is 356 Å². The number of aliphatic hydroxyl groups excluding tert-OH is 1. The average molecular weight is 854 g/mol. The van der Waals surface area contributed by atoms with Crippen molar-refractivity contribution in [2.45, 2.75) is 193 Å². The van der Waals surface area contributed by atoms with Crippen molar-refractivity contribution < 1.29 is 52.6 Å². The summed E-state index contributed by atoms with van der Waals surface area (Å²) in [6.45, 7) is 2.61. The second-order valence-electron chi connectivity index (χ2n) is 15.0. The maximum atomic E-state index is 12.6. The molecule has 0 saturated carbocycles. The van der Waals surface area contributed by atoms with E-state index < -0.39 is 63.8 Å². The Hall–Kier alpha value is -2.86. The van der Waals surface area contributed by atoms with Crippen LogP contribution in [0.2, 0.25) is 0 Å². The molecule has 0 aliphatic heterocycles. The van der Waals surface area contributed by atoms with Crippen LogP contribution < -0.4 is 5.73 Å². The standard InChI is InChI=1S/C46H80NO11P/c1-3-5-7-9-11-13-14-15-16-17-18-19-20-22-24-28-33-37-45(50)58-42(39-56-59(53,54)57-40-43(47)46(51)52)38-55-44(49)36-32-29-25-27-31-35-41(48)34-30-26-23-21-12-10-8-6-4-2/h12,15-16,21,25-27,30-31,35,41-43,48H,3-11,13-14,17-20,22-24,28-29,32-34,36-40,47H2,1-2H3,(H,51,52)(H,53,54)/b16-15-,21-12-,27-25+,30-26-,35-31-/t41?,42-,43+/m1/s1. The van der Waals surface area contributed by atoms with Crippen molar-refractivity contribution in [3.63, 3.8) is 0 Å². The molecule has 4 atom stereocenters. The fourth-order valence-electron chi connectivity index (χ4n) is 5.72. The van der Waals surface area contributed by atoms with Gasteiger partial charge in [0.05, 0.1) is 19.3 Å². The van der Waals surface area contributed by atoms with E-state index in [4.69, 9.17) is 24.8 Å². The third-order valence-electron chi connectivity index (χ3n) is 9.32. The van der Waals surface area contributed by atoms with Gasteiger partial charge in [-0.05, 0) is 70.6 Å². The van der Waals surface area contributed by atoms with Gasteiger partial charge in [-0.1, -0.05) is 152 Å². The smallest absolute Gasteiger partial charge is 0.472 e. The molecule has 340 valence electrons. The summed E-state index contributed by atoms with van der Waals surface area (Å²) in [7, 11) is -4.75. The van der Waals surface area contributed by atoms with Gasteiger partial charge in [-0.2, -0.15) is 0 Å². The van der Waals surface area contributed by atoms with E-state index in [1.54, 1.807) is 18.2 Å². The zero-order chi connectivity index (χ0) is 43.7. The molecule has 0 aromatic rings. The highest BCUT2D eigenvalue weighted by atomic mass is 31.2. The van der Waals surface area contributed by atoms with Crippen LogP contribution in [-0.4, -0.2) is 71.1 Å². The van der Waals surface area contributed by atoms with Crippen LogP contribution >= 0.6 is 7.82 Å². The summed E-state index contributed by atoms with van der Waals surface area (Å²) in [6, 6.07) is -1.54. The van der Waals surface area contributed by atoms with Crippen molar-refractivity contribution in [3.8, 4) is 0 Å². The first-order valence-corrected chi connectivity index (χ1v) is 23.9. The van der Waals surface area contributed by atoms with E-state index >= 15 is 0 Å². The molecule has 2 unspecified atom stereocenters. The molecule has 0 fully saturated rings. The summed E-state index contributed by atoms with van der Waals surface area (Å²) in [5, 5.41) is 19.0. The molecule has 0 aliphatic rings. The number of allylic oxidation sites excluding steroid dienone is 8. The van der Waals surface area contributed by atoms with Gasteiger partial charge in [0.1, 0.15) is 12.6 Å². The maximum absolute atomic E-state index is 12.6. The first-order chi connectivity index (χ1) is 28.5. The van der Waals surface area contributed by atoms with Gasteiger partial charge in [-0.15, -0.1) is 0 Å². The van der Waals surface area contributed by atoms with E-state index in [0.717, 1.165) is 44.9 Å². The minimum atomic E-state index is -4.75. The molecule has 0 aliphatic carbocycles. The molecule has 0 spiro atoms. The second kappa shape index (κ2) is 40.5. The summed E-state index contributed by atoms with van der Waals surface area (Å²) in [5.41, 5.74) is 5.33.